The highest BCUT2D eigenvalue weighted by molar-refractivity contribution is 5.72. The van der Waals surface area contributed by atoms with Crippen LogP contribution in [0.1, 0.15) is 38.5 Å². The summed E-state index contributed by atoms with van der Waals surface area (Å²) in [6.07, 6.45) is 2.53. The Morgan fingerprint density at radius 3 is 2.72 bits per heavy atom. The highest BCUT2D eigenvalue weighted by Crippen LogP contribution is 2.31. The van der Waals surface area contributed by atoms with E-state index in [1.807, 2.05) is 0 Å². The summed E-state index contributed by atoms with van der Waals surface area (Å²) in [6, 6.07) is 0. The van der Waals surface area contributed by atoms with E-state index in [2.05, 4.69) is 4.74 Å². The van der Waals surface area contributed by atoms with Gasteiger partial charge in [-0.1, -0.05) is 0 Å². The van der Waals surface area contributed by atoms with Gasteiger partial charge in [-0.15, -0.1) is 0 Å². The molecule has 0 bridgehead atoms. The predicted octanol–water partition coefficient (Wildman–Crippen LogP) is 2.21. The van der Waals surface area contributed by atoms with Crippen LogP contribution in [-0.4, -0.2) is 38.3 Å². The molecule has 1 saturated carbocycles. The first-order valence-corrected chi connectivity index (χ1v) is 6.69. The van der Waals surface area contributed by atoms with Crippen LogP contribution in [0.4, 0.5) is 4.39 Å². The van der Waals surface area contributed by atoms with E-state index in [4.69, 9.17) is 9.47 Å². The van der Waals surface area contributed by atoms with E-state index in [-0.39, 0.29) is 24.6 Å². The molecule has 2 fully saturated rings. The second-order valence-electron chi connectivity index (χ2n) is 5.02. The van der Waals surface area contributed by atoms with E-state index < -0.39 is 12.3 Å². The van der Waals surface area contributed by atoms with E-state index in [0.717, 1.165) is 19.3 Å². The zero-order chi connectivity index (χ0) is 13.0. The maximum atomic E-state index is 14.0. The SMILES string of the molecule is COC(=O)C1CC[C@H](OC2CCCCO2)[C@H](F)C1. The van der Waals surface area contributed by atoms with Crippen molar-refractivity contribution in [3.8, 4) is 0 Å². The number of esters is 1. The highest BCUT2D eigenvalue weighted by Gasteiger charge is 2.36. The van der Waals surface area contributed by atoms with Crippen LogP contribution in [0.15, 0.2) is 0 Å². The monoisotopic (exact) mass is 260 g/mol. The molecule has 1 aliphatic heterocycles. The molecule has 0 aromatic rings. The lowest BCUT2D eigenvalue weighted by Gasteiger charge is -2.34. The largest absolute Gasteiger partial charge is 0.469 e. The van der Waals surface area contributed by atoms with E-state index in [9.17, 15) is 9.18 Å². The van der Waals surface area contributed by atoms with Gasteiger partial charge in [-0.25, -0.2) is 4.39 Å². The zero-order valence-corrected chi connectivity index (χ0v) is 10.8. The first kappa shape index (κ1) is 13.7. The van der Waals surface area contributed by atoms with Crippen LogP contribution < -0.4 is 0 Å². The Kier molecular flexibility index (Phi) is 4.95. The zero-order valence-electron chi connectivity index (χ0n) is 10.8. The molecule has 104 valence electrons. The van der Waals surface area contributed by atoms with Crippen LogP contribution in [-0.2, 0) is 19.0 Å². The van der Waals surface area contributed by atoms with Crippen molar-refractivity contribution >= 4 is 5.97 Å². The molecule has 18 heavy (non-hydrogen) atoms. The maximum Gasteiger partial charge on any atom is 0.308 e. The predicted molar refractivity (Wildman–Crippen MR) is 62.7 cm³/mol. The van der Waals surface area contributed by atoms with Crippen molar-refractivity contribution in [2.75, 3.05) is 13.7 Å². The first-order chi connectivity index (χ1) is 8.70. The van der Waals surface area contributed by atoms with E-state index in [0.29, 0.717) is 19.4 Å². The van der Waals surface area contributed by atoms with Crippen molar-refractivity contribution < 1.29 is 23.4 Å². The second-order valence-corrected chi connectivity index (χ2v) is 5.02. The quantitative estimate of drug-likeness (QED) is 0.730. The summed E-state index contributed by atoms with van der Waals surface area (Å²) in [4.78, 5) is 11.4. The molecule has 4 atom stereocenters. The smallest absolute Gasteiger partial charge is 0.308 e. The number of rotatable bonds is 3. The van der Waals surface area contributed by atoms with Crippen LogP contribution in [0, 0.1) is 5.92 Å². The number of methoxy groups -OCH3 is 1. The lowest BCUT2D eigenvalue weighted by molar-refractivity contribution is -0.208. The third kappa shape index (κ3) is 3.42. The van der Waals surface area contributed by atoms with Crippen LogP contribution in [0.5, 0.6) is 0 Å². The van der Waals surface area contributed by atoms with Crippen molar-refractivity contribution in [3.05, 3.63) is 0 Å². The number of hydrogen-bond acceptors (Lipinski definition) is 4. The Morgan fingerprint density at radius 1 is 1.28 bits per heavy atom. The number of carbonyl (C=O) groups excluding carboxylic acids is 1. The van der Waals surface area contributed by atoms with Gasteiger partial charge in [-0.05, 0) is 38.5 Å². The third-order valence-electron chi connectivity index (χ3n) is 3.71. The summed E-state index contributed by atoms with van der Waals surface area (Å²) in [7, 11) is 1.34. The Morgan fingerprint density at radius 2 is 2.11 bits per heavy atom. The molecule has 1 heterocycles. The Bertz CT molecular complexity index is 278. The molecular formula is C13H21FO4. The van der Waals surface area contributed by atoms with Crippen molar-refractivity contribution in [2.24, 2.45) is 5.92 Å². The van der Waals surface area contributed by atoms with Crippen LogP contribution in [0.2, 0.25) is 0 Å². The molecule has 4 nitrogen and oxygen atoms in total. The molecule has 0 amide bonds. The molecule has 0 radical (unpaired) electrons. The van der Waals surface area contributed by atoms with Gasteiger partial charge < -0.3 is 14.2 Å². The van der Waals surface area contributed by atoms with Gasteiger partial charge in [0.25, 0.3) is 0 Å². The van der Waals surface area contributed by atoms with Crippen LogP contribution in [0.3, 0.4) is 0 Å². The fourth-order valence-electron chi connectivity index (χ4n) is 2.64. The average molecular weight is 260 g/mol. The van der Waals surface area contributed by atoms with Gasteiger partial charge in [0, 0.05) is 6.61 Å². The van der Waals surface area contributed by atoms with Gasteiger partial charge >= 0.3 is 5.97 Å². The van der Waals surface area contributed by atoms with E-state index in [1.54, 1.807) is 0 Å². The number of ether oxygens (including phenoxy) is 3. The molecule has 2 unspecified atom stereocenters. The fourth-order valence-corrected chi connectivity index (χ4v) is 2.64. The topological polar surface area (TPSA) is 44.8 Å². The Labute approximate surface area is 107 Å². The average Bonchev–Trinajstić information content (AvgIpc) is 2.41. The number of halogens is 1. The van der Waals surface area contributed by atoms with Crippen molar-refractivity contribution in [3.63, 3.8) is 0 Å². The van der Waals surface area contributed by atoms with Gasteiger partial charge in [0.2, 0.25) is 0 Å². The number of carbonyl (C=O) groups is 1. The van der Waals surface area contributed by atoms with Gasteiger partial charge in [0.15, 0.2) is 6.29 Å². The van der Waals surface area contributed by atoms with Gasteiger partial charge in [-0.3, -0.25) is 4.79 Å². The van der Waals surface area contributed by atoms with Crippen molar-refractivity contribution in [2.45, 2.75) is 57.1 Å². The van der Waals surface area contributed by atoms with E-state index >= 15 is 0 Å². The fraction of sp³-hybridized carbons (Fsp3) is 0.923. The highest BCUT2D eigenvalue weighted by atomic mass is 19.1. The third-order valence-corrected chi connectivity index (χ3v) is 3.71. The minimum Gasteiger partial charge on any atom is -0.469 e. The Balaban J connectivity index is 1.79. The summed E-state index contributed by atoms with van der Waals surface area (Å²) in [6.45, 7) is 0.694. The van der Waals surface area contributed by atoms with Crippen molar-refractivity contribution in [1.82, 2.24) is 0 Å². The molecule has 0 N–H and O–H groups in total. The summed E-state index contributed by atoms with van der Waals surface area (Å²) in [5, 5.41) is 0. The molecule has 5 heteroatoms. The Hall–Kier alpha value is -0.680. The first-order valence-electron chi connectivity index (χ1n) is 6.69. The standard InChI is InChI=1S/C13H21FO4/c1-16-13(15)9-5-6-11(10(14)8-9)18-12-4-2-3-7-17-12/h9-12H,2-8H2,1H3/t9?,10-,11+,12?/m1/s1. The molecule has 0 aromatic heterocycles. The molecule has 0 aromatic carbocycles. The van der Waals surface area contributed by atoms with Gasteiger partial charge in [0.1, 0.15) is 6.17 Å². The van der Waals surface area contributed by atoms with Crippen LogP contribution in [0.25, 0.3) is 0 Å². The van der Waals surface area contributed by atoms with E-state index in [1.165, 1.54) is 7.11 Å². The summed E-state index contributed by atoms with van der Waals surface area (Å²) >= 11 is 0. The summed E-state index contributed by atoms with van der Waals surface area (Å²) in [5.41, 5.74) is 0. The number of alkyl halides is 1. The second kappa shape index (κ2) is 6.48. The molecule has 0 spiro atoms. The molecule has 2 aliphatic rings. The number of hydrogen-bond donors (Lipinski definition) is 0. The lowest BCUT2D eigenvalue weighted by atomic mass is 9.86. The van der Waals surface area contributed by atoms with Gasteiger partial charge in [0.05, 0.1) is 19.1 Å². The molecule has 1 saturated heterocycles. The summed E-state index contributed by atoms with van der Waals surface area (Å²) < 4.78 is 29.7. The maximum absolute atomic E-state index is 14.0. The normalized spacial score (nSPS) is 37.2. The van der Waals surface area contributed by atoms with Crippen LogP contribution >= 0.6 is 0 Å². The minimum atomic E-state index is -1.10. The minimum absolute atomic E-state index is 0.198. The molecular weight excluding hydrogens is 239 g/mol. The van der Waals surface area contributed by atoms with Crippen molar-refractivity contribution in [1.29, 1.82) is 0 Å². The molecule has 2 rings (SSSR count). The lowest BCUT2D eigenvalue weighted by Crippen LogP contribution is -2.39. The summed E-state index contributed by atoms with van der Waals surface area (Å²) in [5.74, 6) is -0.637. The van der Waals surface area contributed by atoms with Gasteiger partial charge in [-0.2, -0.15) is 0 Å². The molecule has 1 aliphatic carbocycles.